The molecular formula is C13H16F3N3. The molecule has 0 bridgehead atoms. The Hall–Kier alpha value is -1.33. The molecule has 0 spiro atoms. The molecule has 1 aliphatic heterocycles. The molecule has 2 heterocycles. The third-order valence-electron chi connectivity index (χ3n) is 4.04. The monoisotopic (exact) mass is 271 g/mol. The summed E-state index contributed by atoms with van der Waals surface area (Å²) in [5.74, 6) is -0.496. The molecule has 19 heavy (non-hydrogen) atoms. The average Bonchev–Trinajstić information content (AvgIpc) is 2.86. The summed E-state index contributed by atoms with van der Waals surface area (Å²) in [5, 5.41) is 0. The number of alkyl halides is 3. The van der Waals surface area contributed by atoms with E-state index >= 15 is 0 Å². The highest BCUT2D eigenvalue weighted by Crippen LogP contribution is 2.36. The number of nitrogens with zero attached hydrogens (tertiary/aromatic N) is 3. The highest BCUT2D eigenvalue weighted by atomic mass is 19.4. The van der Waals surface area contributed by atoms with Gasteiger partial charge < -0.3 is 4.90 Å². The van der Waals surface area contributed by atoms with E-state index in [4.69, 9.17) is 0 Å². The standard InChI is InChI=1S/C13H16F3N3/c14-13(15,16)9-3-2-6-19(7-9)12-10-4-1-5-11(10)17-8-18-12/h8-9H,1-7H2. The number of aryl methyl sites for hydroxylation is 1. The largest absolute Gasteiger partial charge is 0.393 e. The van der Waals surface area contributed by atoms with Gasteiger partial charge in [0, 0.05) is 24.3 Å². The fourth-order valence-electron chi connectivity index (χ4n) is 3.05. The van der Waals surface area contributed by atoms with Gasteiger partial charge in [0.15, 0.2) is 0 Å². The van der Waals surface area contributed by atoms with Crippen LogP contribution in [0.3, 0.4) is 0 Å². The van der Waals surface area contributed by atoms with Crippen molar-refractivity contribution in [3.8, 4) is 0 Å². The lowest BCUT2D eigenvalue weighted by Gasteiger charge is -2.35. The van der Waals surface area contributed by atoms with Crippen molar-refractivity contribution >= 4 is 5.82 Å². The SMILES string of the molecule is FC(F)(F)C1CCCN(c2ncnc3c2CCC3)C1. The normalized spacial score (nSPS) is 23.5. The van der Waals surface area contributed by atoms with Gasteiger partial charge in [-0.25, -0.2) is 9.97 Å². The average molecular weight is 271 g/mol. The molecule has 2 aliphatic rings. The summed E-state index contributed by atoms with van der Waals surface area (Å²) < 4.78 is 38.5. The molecule has 1 saturated heterocycles. The van der Waals surface area contributed by atoms with E-state index in [1.807, 2.05) is 0 Å². The van der Waals surface area contributed by atoms with Crippen LogP contribution < -0.4 is 4.90 Å². The van der Waals surface area contributed by atoms with Crippen LogP contribution in [-0.4, -0.2) is 29.2 Å². The molecule has 1 fully saturated rings. The second-order valence-corrected chi connectivity index (χ2v) is 5.30. The van der Waals surface area contributed by atoms with Crippen LogP contribution in [0.25, 0.3) is 0 Å². The van der Waals surface area contributed by atoms with Crippen LogP contribution in [0.1, 0.15) is 30.5 Å². The third kappa shape index (κ3) is 2.40. The van der Waals surface area contributed by atoms with E-state index in [-0.39, 0.29) is 13.0 Å². The van der Waals surface area contributed by atoms with Gasteiger partial charge in [-0.05, 0) is 32.1 Å². The zero-order valence-electron chi connectivity index (χ0n) is 10.6. The predicted octanol–water partition coefficient (Wildman–Crippen LogP) is 2.74. The molecule has 1 aliphatic carbocycles. The summed E-state index contributed by atoms with van der Waals surface area (Å²) in [6.07, 6.45) is 1.01. The number of anilines is 1. The van der Waals surface area contributed by atoms with E-state index in [0.717, 1.165) is 36.3 Å². The van der Waals surface area contributed by atoms with Crippen LogP contribution in [0.5, 0.6) is 0 Å². The van der Waals surface area contributed by atoms with Gasteiger partial charge in [-0.2, -0.15) is 13.2 Å². The summed E-state index contributed by atoms with van der Waals surface area (Å²) >= 11 is 0. The summed E-state index contributed by atoms with van der Waals surface area (Å²) in [4.78, 5) is 10.3. The number of aromatic nitrogens is 2. The highest BCUT2D eigenvalue weighted by Gasteiger charge is 2.42. The Morgan fingerprint density at radius 3 is 2.79 bits per heavy atom. The van der Waals surface area contributed by atoms with E-state index in [2.05, 4.69) is 9.97 Å². The minimum absolute atomic E-state index is 0.0347. The van der Waals surface area contributed by atoms with Crippen molar-refractivity contribution < 1.29 is 13.2 Å². The van der Waals surface area contributed by atoms with E-state index < -0.39 is 12.1 Å². The van der Waals surface area contributed by atoms with Gasteiger partial charge in [-0.1, -0.05) is 0 Å². The van der Waals surface area contributed by atoms with Crippen molar-refractivity contribution in [3.05, 3.63) is 17.6 Å². The second-order valence-electron chi connectivity index (χ2n) is 5.30. The zero-order valence-corrected chi connectivity index (χ0v) is 10.6. The zero-order chi connectivity index (χ0) is 13.5. The Balaban J connectivity index is 1.85. The lowest BCUT2D eigenvalue weighted by atomic mass is 9.97. The van der Waals surface area contributed by atoms with Crippen molar-refractivity contribution in [1.29, 1.82) is 0 Å². The number of rotatable bonds is 1. The van der Waals surface area contributed by atoms with Crippen LogP contribution >= 0.6 is 0 Å². The molecule has 1 aromatic rings. The first-order chi connectivity index (χ1) is 9.05. The molecule has 104 valence electrons. The number of hydrogen-bond donors (Lipinski definition) is 0. The topological polar surface area (TPSA) is 29.0 Å². The molecule has 6 heteroatoms. The molecular weight excluding hydrogens is 255 g/mol. The minimum Gasteiger partial charge on any atom is -0.356 e. The van der Waals surface area contributed by atoms with Gasteiger partial charge in [-0.3, -0.25) is 0 Å². The maximum absolute atomic E-state index is 12.8. The van der Waals surface area contributed by atoms with Crippen LogP contribution in [0.2, 0.25) is 0 Å². The molecule has 1 unspecified atom stereocenters. The quantitative estimate of drug-likeness (QED) is 0.786. The number of piperidine rings is 1. The Morgan fingerprint density at radius 1 is 1.16 bits per heavy atom. The molecule has 0 N–H and O–H groups in total. The molecule has 0 saturated carbocycles. The molecule has 1 atom stereocenters. The summed E-state index contributed by atoms with van der Waals surface area (Å²) in [6, 6.07) is 0. The number of halogens is 3. The first-order valence-electron chi connectivity index (χ1n) is 6.70. The van der Waals surface area contributed by atoms with E-state index in [0.29, 0.717) is 13.0 Å². The molecule has 3 nitrogen and oxygen atoms in total. The lowest BCUT2D eigenvalue weighted by molar-refractivity contribution is -0.176. The van der Waals surface area contributed by atoms with Crippen LogP contribution in [-0.2, 0) is 12.8 Å². The number of hydrogen-bond acceptors (Lipinski definition) is 3. The van der Waals surface area contributed by atoms with Crippen LogP contribution in [0.4, 0.5) is 19.0 Å². The summed E-state index contributed by atoms with van der Waals surface area (Å²) in [7, 11) is 0. The maximum atomic E-state index is 12.8. The molecule has 1 aromatic heterocycles. The van der Waals surface area contributed by atoms with E-state index in [1.165, 1.54) is 6.33 Å². The van der Waals surface area contributed by atoms with Gasteiger partial charge in [0.25, 0.3) is 0 Å². The second kappa shape index (κ2) is 4.65. The first-order valence-corrected chi connectivity index (χ1v) is 6.70. The molecule has 0 amide bonds. The Labute approximate surface area is 109 Å². The molecule has 0 aromatic carbocycles. The minimum atomic E-state index is -4.10. The van der Waals surface area contributed by atoms with E-state index in [1.54, 1.807) is 4.90 Å². The van der Waals surface area contributed by atoms with Gasteiger partial charge >= 0.3 is 6.18 Å². The fraction of sp³-hybridized carbons (Fsp3) is 0.692. The summed E-state index contributed by atoms with van der Waals surface area (Å²) in [5.41, 5.74) is 2.07. The third-order valence-corrected chi connectivity index (χ3v) is 4.04. The van der Waals surface area contributed by atoms with Gasteiger partial charge in [0.2, 0.25) is 0 Å². The Bertz CT molecular complexity index is 473. The lowest BCUT2D eigenvalue weighted by Crippen LogP contribution is -2.42. The van der Waals surface area contributed by atoms with Crippen molar-refractivity contribution in [2.75, 3.05) is 18.0 Å². The van der Waals surface area contributed by atoms with Crippen molar-refractivity contribution in [2.45, 2.75) is 38.3 Å². The van der Waals surface area contributed by atoms with Crippen molar-refractivity contribution in [2.24, 2.45) is 5.92 Å². The smallest absolute Gasteiger partial charge is 0.356 e. The van der Waals surface area contributed by atoms with E-state index in [9.17, 15) is 13.2 Å². The molecule has 0 radical (unpaired) electrons. The highest BCUT2D eigenvalue weighted by molar-refractivity contribution is 5.50. The van der Waals surface area contributed by atoms with Crippen molar-refractivity contribution in [3.63, 3.8) is 0 Å². The summed E-state index contributed by atoms with van der Waals surface area (Å²) in [6.45, 7) is 0.697. The maximum Gasteiger partial charge on any atom is 0.393 e. The predicted molar refractivity (Wildman–Crippen MR) is 65.0 cm³/mol. The van der Waals surface area contributed by atoms with Gasteiger partial charge in [-0.15, -0.1) is 0 Å². The van der Waals surface area contributed by atoms with Crippen molar-refractivity contribution in [1.82, 2.24) is 9.97 Å². The number of fused-ring (bicyclic) bond motifs is 1. The Morgan fingerprint density at radius 2 is 2.00 bits per heavy atom. The Kier molecular flexibility index (Phi) is 3.11. The first kappa shape index (κ1) is 12.7. The molecule has 3 rings (SSSR count). The fourth-order valence-corrected chi connectivity index (χ4v) is 3.05. The van der Waals surface area contributed by atoms with Crippen LogP contribution in [0.15, 0.2) is 6.33 Å². The van der Waals surface area contributed by atoms with Gasteiger partial charge in [0.1, 0.15) is 12.1 Å². The van der Waals surface area contributed by atoms with Gasteiger partial charge in [0.05, 0.1) is 5.92 Å². The van der Waals surface area contributed by atoms with Crippen LogP contribution in [0, 0.1) is 5.92 Å².